The van der Waals surface area contributed by atoms with Crippen molar-refractivity contribution in [3.8, 4) is 5.75 Å². The molecule has 0 aromatic heterocycles. The quantitative estimate of drug-likeness (QED) is 0.636. The number of benzene rings is 2. The maximum Gasteiger partial charge on any atom is 0.308 e. The van der Waals surface area contributed by atoms with Crippen LogP contribution in [0.5, 0.6) is 5.75 Å². The lowest BCUT2D eigenvalue weighted by Gasteiger charge is -2.36. The molecule has 0 unspecified atom stereocenters. The van der Waals surface area contributed by atoms with Crippen molar-refractivity contribution in [1.29, 1.82) is 0 Å². The summed E-state index contributed by atoms with van der Waals surface area (Å²) in [6.07, 6.45) is 0.305. The maximum atomic E-state index is 13.4. The van der Waals surface area contributed by atoms with Crippen molar-refractivity contribution in [3.05, 3.63) is 59.7 Å². The van der Waals surface area contributed by atoms with E-state index in [1.165, 1.54) is 16.4 Å². The van der Waals surface area contributed by atoms with Gasteiger partial charge in [0.05, 0.1) is 24.0 Å². The third-order valence-electron chi connectivity index (χ3n) is 4.84. The molecule has 2 aromatic carbocycles. The Morgan fingerprint density at radius 2 is 1.83 bits per heavy atom. The number of carbonyl (C=O) groups excluding carboxylic acids is 2. The molecule has 3 rings (SSSR count). The number of esters is 1. The summed E-state index contributed by atoms with van der Waals surface area (Å²) in [6, 6.07) is 12.8. The predicted molar refractivity (Wildman–Crippen MR) is 109 cm³/mol. The van der Waals surface area contributed by atoms with E-state index in [2.05, 4.69) is 0 Å². The Morgan fingerprint density at radius 1 is 1.13 bits per heavy atom. The highest BCUT2D eigenvalue weighted by atomic mass is 32.2. The van der Waals surface area contributed by atoms with Crippen LogP contribution in [0.1, 0.15) is 30.5 Å². The van der Waals surface area contributed by atoms with Crippen LogP contribution in [0.3, 0.4) is 0 Å². The Morgan fingerprint density at radius 3 is 2.50 bits per heavy atom. The van der Waals surface area contributed by atoms with Crippen LogP contribution in [0.2, 0.25) is 0 Å². The van der Waals surface area contributed by atoms with Gasteiger partial charge in [0.2, 0.25) is 10.0 Å². The summed E-state index contributed by atoms with van der Waals surface area (Å²) in [5.74, 6) is -0.888. The fraction of sp³-hybridized carbons (Fsp3) is 0.333. The fourth-order valence-corrected chi connectivity index (χ4v) is 5.11. The molecular formula is C21H24N2O6S. The van der Waals surface area contributed by atoms with Gasteiger partial charge in [-0.25, -0.2) is 8.42 Å². The molecule has 0 saturated heterocycles. The first-order chi connectivity index (χ1) is 14.3. The molecule has 2 aromatic rings. The first-order valence-corrected chi connectivity index (χ1v) is 11.0. The number of primary amides is 1. The summed E-state index contributed by atoms with van der Waals surface area (Å²) < 4.78 is 38.3. The lowest BCUT2D eigenvalue weighted by molar-refractivity contribution is -0.148. The van der Waals surface area contributed by atoms with Crippen molar-refractivity contribution in [2.45, 2.75) is 30.7 Å². The normalized spacial score (nSPS) is 16.5. The van der Waals surface area contributed by atoms with Gasteiger partial charge in [0.15, 0.2) is 6.61 Å². The Kier molecular flexibility index (Phi) is 6.73. The number of fused-ring (bicyclic) bond motifs is 1. The topological polar surface area (TPSA) is 116 Å². The number of amides is 1. The number of hydrogen-bond donors (Lipinski definition) is 1. The minimum atomic E-state index is -3.88. The minimum absolute atomic E-state index is 0.112. The summed E-state index contributed by atoms with van der Waals surface area (Å²) in [7, 11) is -3.88. The molecular weight excluding hydrogens is 408 g/mol. The number of hydrogen-bond acceptors (Lipinski definition) is 6. The smallest absolute Gasteiger partial charge is 0.308 e. The molecule has 0 spiro atoms. The van der Waals surface area contributed by atoms with E-state index >= 15 is 0 Å². The van der Waals surface area contributed by atoms with Gasteiger partial charge in [-0.15, -0.1) is 0 Å². The van der Waals surface area contributed by atoms with Gasteiger partial charge in [0, 0.05) is 6.54 Å². The van der Waals surface area contributed by atoms with Gasteiger partial charge in [0.1, 0.15) is 5.75 Å². The second-order valence-corrected chi connectivity index (χ2v) is 8.71. The van der Waals surface area contributed by atoms with Crippen LogP contribution in [0.15, 0.2) is 53.4 Å². The molecule has 30 heavy (non-hydrogen) atoms. The highest BCUT2D eigenvalue weighted by molar-refractivity contribution is 7.89. The lowest BCUT2D eigenvalue weighted by atomic mass is 9.92. The monoisotopic (exact) mass is 432 g/mol. The second-order valence-electron chi connectivity index (χ2n) is 6.82. The van der Waals surface area contributed by atoms with Crippen LogP contribution in [-0.4, -0.2) is 44.4 Å². The molecule has 9 heteroatoms. The number of rotatable bonds is 8. The average molecular weight is 432 g/mol. The molecule has 0 bridgehead atoms. The zero-order valence-electron chi connectivity index (χ0n) is 16.6. The van der Waals surface area contributed by atoms with E-state index in [1.807, 2.05) is 19.1 Å². The molecule has 1 atom stereocenters. The van der Waals surface area contributed by atoms with Gasteiger partial charge in [-0.05, 0) is 48.7 Å². The van der Waals surface area contributed by atoms with Crippen LogP contribution < -0.4 is 10.5 Å². The van der Waals surface area contributed by atoms with Crippen LogP contribution in [0.25, 0.3) is 0 Å². The number of carbonyl (C=O) groups is 2. The van der Waals surface area contributed by atoms with E-state index in [4.69, 9.17) is 15.2 Å². The first kappa shape index (κ1) is 21.8. The number of sulfonamides is 1. The fourth-order valence-electron chi connectivity index (χ4n) is 3.51. The highest BCUT2D eigenvalue weighted by Crippen LogP contribution is 2.36. The minimum Gasteiger partial charge on any atom is -0.494 e. The molecule has 0 fully saturated rings. The summed E-state index contributed by atoms with van der Waals surface area (Å²) in [4.78, 5) is 23.3. The molecule has 0 aliphatic carbocycles. The van der Waals surface area contributed by atoms with Gasteiger partial charge in [-0.3, -0.25) is 9.59 Å². The Labute approximate surface area is 175 Å². The van der Waals surface area contributed by atoms with Crippen LogP contribution >= 0.6 is 0 Å². The Bertz CT molecular complexity index is 1020. The molecule has 1 amide bonds. The highest BCUT2D eigenvalue weighted by Gasteiger charge is 2.37. The van der Waals surface area contributed by atoms with Gasteiger partial charge in [-0.1, -0.05) is 24.3 Å². The second kappa shape index (κ2) is 9.27. The first-order valence-electron chi connectivity index (χ1n) is 9.59. The van der Waals surface area contributed by atoms with E-state index in [1.54, 1.807) is 24.3 Å². The third kappa shape index (κ3) is 4.80. The molecule has 0 radical (unpaired) electrons. The zero-order chi connectivity index (χ0) is 21.7. The predicted octanol–water partition coefficient (Wildman–Crippen LogP) is 1.79. The van der Waals surface area contributed by atoms with Crippen molar-refractivity contribution >= 4 is 21.9 Å². The van der Waals surface area contributed by atoms with Crippen LogP contribution in [0.4, 0.5) is 0 Å². The van der Waals surface area contributed by atoms with E-state index in [0.717, 1.165) is 11.1 Å². The SMILES string of the molecule is CCOc1ccc(S(=O)(=O)N2CCc3ccccc3[C@H]2CC(=O)OCC(N)=O)cc1. The summed E-state index contributed by atoms with van der Waals surface area (Å²) in [6.45, 7) is 2.00. The molecule has 2 N–H and O–H groups in total. The van der Waals surface area contributed by atoms with E-state index < -0.39 is 34.5 Å². The van der Waals surface area contributed by atoms with E-state index in [0.29, 0.717) is 18.8 Å². The van der Waals surface area contributed by atoms with Gasteiger partial charge < -0.3 is 15.2 Å². The van der Waals surface area contributed by atoms with Crippen molar-refractivity contribution in [2.24, 2.45) is 5.73 Å². The molecule has 8 nitrogen and oxygen atoms in total. The van der Waals surface area contributed by atoms with Crippen molar-refractivity contribution < 1.29 is 27.5 Å². The van der Waals surface area contributed by atoms with E-state index in [-0.39, 0.29) is 17.9 Å². The Balaban J connectivity index is 1.92. The summed E-state index contributed by atoms with van der Waals surface area (Å²) in [5, 5.41) is 0. The largest absolute Gasteiger partial charge is 0.494 e. The van der Waals surface area contributed by atoms with Gasteiger partial charge in [-0.2, -0.15) is 4.31 Å². The van der Waals surface area contributed by atoms with Crippen LogP contribution in [0, 0.1) is 0 Å². The number of nitrogens with two attached hydrogens (primary N) is 1. The number of nitrogens with zero attached hydrogens (tertiary/aromatic N) is 1. The lowest BCUT2D eigenvalue weighted by Crippen LogP contribution is -2.41. The van der Waals surface area contributed by atoms with Crippen molar-refractivity contribution in [2.75, 3.05) is 19.8 Å². The van der Waals surface area contributed by atoms with E-state index in [9.17, 15) is 18.0 Å². The van der Waals surface area contributed by atoms with Crippen molar-refractivity contribution in [1.82, 2.24) is 4.31 Å². The molecule has 1 aliphatic rings. The van der Waals surface area contributed by atoms with Crippen molar-refractivity contribution in [3.63, 3.8) is 0 Å². The van der Waals surface area contributed by atoms with Gasteiger partial charge >= 0.3 is 5.97 Å². The average Bonchev–Trinajstić information content (AvgIpc) is 2.73. The maximum absolute atomic E-state index is 13.4. The summed E-state index contributed by atoms with van der Waals surface area (Å²) >= 11 is 0. The standard InChI is InChI=1S/C21H24N2O6S/c1-2-28-16-7-9-17(10-8-16)30(26,27)23-12-11-15-5-3-4-6-18(15)19(23)13-21(25)29-14-20(22)24/h3-10,19H,2,11-14H2,1H3,(H2,22,24)/t19-/m1/s1. The third-order valence-corrected chi connectivity index (χ3v) is 6.76. The summed E-state index contributed by atoms with van der Waals surface area (Å²) in [5.41, 5.74) is 6.74. The zero-order valence-corrected chi connectivity index (χ0v) is 17.4. The van der Waals surface area contributed by atoms with Crippen LogP contribution in [-0.2, 0) is 30.8 Å². The molecule has 1 heterocycles. The molecule has 0 saturated carbocycles. The molecule has 160 valence electrons. The number of ether oxygens (including phenoxy) is 2. The van der Waals surface area contributed by atoms with Gasteiger partial charge in [0.25, 0.3) is 5.91 Å². The Hall–Kier alpha value is -2.91. The molecule has 1 aliphatic heterocycles.